The van der Waals surface area contributed by atoms with Crippen molar-refractivity contribution in [2.45, 2.75) is 19.8 Å². The number of nitrogens with zero attached hydrogens (tertiary/aromatic N) is 3. The van der Waals surface area contributed by atoms with Crippen molar-refractivity contribution in [3.63, 3.8) is 0 Å². The summed E-state index contributed by atoms with van der Waals surface area (Å²) < 4.78 is 10.4. The molecule has 2 heterocycles. The molecular weight excluding hydrogens is 300 g/mol. The second kappa shape index (κ2) is 7.87. The predicted octanol–water partition coefficient (Wildman–Crippen LogP) is 1.30. The number of esters is 1. The smallest absolute Gasteiger partial charge is 0.323 e. The minimum absolute atomic E-state index is 0.223. The van der Waals surface area contributed by atoms with Crippen molar-refractivity contribution in [2.24, 2.45) is 5.41 Å². The minimum atomic E-state index is -0.817. The van der Waals surface area contributed by atoms with Gasteiger partial charge >= 0.3 is 12.0 Å². The van der Waals surface area contributed by atoms with Crippen LogP contribution in [0.3, 0.4) is 0 Å². The van der Waals surface area contributed by atoms with Crippen molar-refractivity contribution in [2.75, 3.05) is 38.7 Å². The van der Waals surface area contributed by atoms with Crippen LogP contribution in [0, 0.1) is 5.41 Å². The number of amides is 2. The van der Waals surface area contributed by atoms with Crippen LogP contribution < -0.4 is 5.32 Å². The molecule has 8 nitrogen and oxygen atoms in total. The number of rotatable bonds is 5. The highest BCUT2D eigenvalue weighted by molar-refractivity contribution is 5.89. The van der Waals surface area contributed by atoms with Gasteiger partial charge in [-0.2, -0.15) is 5.10 Å². The number of aromatic nitrogens is 2. The zero-order valence-electron chi connectivity index (χ0n) is 13.4. The van der Waals surface area contributed by atoms with E-state index in [0.29, 0.717) is 31.8 Å². The topological polar surface area (TPSA) is 93.7 Å². The Labute approximate surface area is 135 Å². The zero-order chi connectivity index (χ0) is 16.7. The SMILES string of the molecule is CCOC(=O)C1(COC)CCCN(C(=O)Nc2cccnn2)C1. The average Bonchev–Trinajstić information content (AvgIpc) is 2.56. The fraction of sp³-hybridized carbons (Fsp3) is 0.600. The van der Waals surface area contributed by atoms with Crippen LogP contribution in [0.5, 0.6) is 0 Å². The number of hydrogen-bond donors (Lipinski definition) is 1. The van der Waals surface area contributed by atoms with E-state index in [0.717, 1.165) is 0 Å². The average molecular weight is 322 g/mol. The first-order chi connectivity index (χ1) is 11.1. The van der Waals surface area contributed by atoms with E-state index in [1.54, 1.807) is 31.1 Å². The number of ether oxygens (including phenoxy) is 2. The monoisotopic (exact) mass is 322 g/mol. The highest BCUT2D eigenvalue weighted by atomic mass is 16.5. The molecule has 0 aromatic carbocycles. The van der Waals surface area contributed by atoms with E-state index in [9.17, 15) is 9.59 Å². The third-order valence-electron chi connectivity index (χ3n) is 3.80. The fourth-order valence-electron chi connectivity index (χ4n) is 2.77. The molecule has 0 aliphatic carbocycles. The van der Waals surface area contributed by atoms with Gasteiger partial charge in [-0.15, -0.1) is 5.10 Å². The van der Waals surface area contributed by atoms with Crippen LogP contribution in [0.1, 0.15) is 19.8 Å². The van der Waals surface area contributed by atoms with Gasteiger partial charge in [-0.1, -0.05) is 0 Å². The highest BCUT2D eigenvalue weighted by Gasteiger charge is 2.45. The Balaban J connectivity index is 2.08. The zero-order valence-corrected chi connectivity index (χ0v) is 13.4. The van der Waals surface area contributed by atoms with Gasteiger partial charge in [0.2, 0.25) is 0 Å². The van der Waals surface area contributed by atoms with Gasteiger partial charge in [-0.05, 0) is 31.9 Å². The number of hydrogen-bond acceptors (Lipinski definition) is 6. The van der Waals surface area contributed by atoms with Crippen LogP contribution in [0.4, 0.5) is 10.6 Å². The number of piperidine rings is 1. The first-order valence-electron chi connectivity index (χ1n) is 7.61. The van der Waals surface area contributed by atoms with E-state index in [2.05, 4.69) is 15.5 Å². The molecule has 1 atom stereocenters. The van der Waals surface area contributed by atoms with Crippen molar-refractivity contribution in [3.05, 3.63) is 18.3 Å². The summed E-state index contributed by atoms with van der Waals surface area (Å²) in [5.41, 5.74) is -0.817. The van der Waals surface area contributed by atoms with E-state index in [1.807, 2.05) is 0 Å². The molecule has 0 spiro atoms. The van der Waals surface area contributed by atoms with Gasteiger partial charge in [-0.25, -0.2) is 4.79 Å². The fourth-order valence-corrected chi connectivity index (χ4v) is 2.77. The minimum Gasteiger partial charge on any atom is -0.465 e. The summed E-state index contributed by atoms with van der Waals surface area (Å²) in [6, 6.07) is 3.03. The van der Waals surface area contributed by atoms with Gasteiger partial charge < -0.3 is 14.4 Å². The molecule has 1 N–H and O–H groups in total. The molecule has 2 rings (SSSR count). The number of nitrogens with one attached hydrogen (secondary N) is 1. The predicted molar refractivity (Wildman–Crippen MR) is 82.8 cm³/mol. The Bertz CT molecular complexity index is 536. The maximum Gasteiger partial charge on any atom is 0.323 e. The normalized spacial score (nSPS) is 20.9. The largest absolute Gasteiger partial charge is 0.465 e. The quantitative estimate of drug-likeness (QED) is 0.821. The van der Waals surface area contributed by atoms with Gasteiger partial charge in [0, 0.05) is 26.4 Å². The molecule has 126 valence electrons. The van der Waals surface area contributed by atoms with Crippen molar-refractivity contribution >= 4 is 17.8 Å². The van der Waals surface area contributed by atoms with Crippen LogP contribution in [-0.4, -0.2) is 60.5 Å². The summed E-state index contributed by atoms with van der Waals surface area (Å²) in [7, 11) is 1.54. The molecule has 0 bridgehead atoms. The number of carbonyl (C=O) groups is 2. The van der Waals surface area contributed by atoms with E-state index < -0.39 is 5.41 Å². The molecule has 0 saturated carbocycles. The number of methoxy groups -OCH3 is 1. The van der Waals surface area contributed by atoms with E-state index >= 15 is 0 Å². The Morgan fingerprint density at radius 3 is 2.96 bits per heavy atom. The van der Waals surface area contributed by atoms with Crippen LogP contribution in [0.15, 0.2) is 18.3 Å². The Morgan fingerprint density at radius 2 is 2.30 bits per heavy atom. The summed E-state index contributed by atoms with van der Waals surface area (Å²) >= 11 is 0. The first-order valence-corrected chi connectivity index (χ1v) is 7.61. The van der Waals surface area contributed by atoms with Gasteiger partial charge in [0.25, 0.3) is 0 Å². The van der Waals surface area contributed by atoms with Gasteiger partial charge in [0.15, 0.2) is 5.82 Å². The summed E-state index contributed by atoms with van der Waals surface area (Å²) in [4.78, 5) is 26.3. The van der Waals surface area contributed by atoms with Gasteiger partial charge in [0.1, 0.15) is 5.41 Å². The molecule has 8 heteroatoms. The Kier molecular flexibility index (Phi) is 5.86. The Hall–Kier alpha value is -2.22. The molecule has 1 aromatic rings. The lowest BCUT2D eigenvalue weighted by atomic mass is 9.80. The van der Waals surface area contributed by atoms with Crippen LogP contribution in [0.25, 0.3) is 0 Å². The standard InChI is InChI=1S/C15H22N4O4/c1-3-23-13(20)15(11-22-2)7-5-9-19(10-15)14(21)17-12-6-4-8-16-18-12/h4,6,8H,3,5,7,9-11H2,1-2H3,(H,17,18,21). The highest BCUT2D eigenvalue weighted by Crippen LogP contribution is 2.32. The molecular formula is C15H22N4O4. The molecule has 2 amide bonds. The van der Waals surface area contributed by atoms with Crippen molar-refractivity contribution < 1.29 is 19.1 Å². The maximum atomic E-state index is 12.4. The molecule has 1 unspecified atom stereocenters. The molecule has 1 aliphatic rings. The lowest BCUT2D eigenvalue weighted by molar-refractivity contribution is -0.162. The molecule has 1 aliphatic heterocycles. The molecule has 0 radical (unpaired) electrons. The lowest BCUT2D eigenvalue weighted by Gasteiger charge is -2.40. The third-order valence-corrected chi connectivity index (χ3v) is 3.80. The number of carbonyl (C=O) groups excluding carboxylic acids is 2. The summed E-state index contributed by atoms with van der Waals surface area (Å²) in [6.45, 7) is 3.11. The third kappa shape index (κ3) is 4.16. The molecule has 1 aromatic heterocycles. The summed E-state index contributed by atoms with van der Waals surface area (Å²) in [5, 5.41) is 10.2. The maximum absolute atomic E-state index is 12.4. The van der Waals surface area contributed by atoms with Gasteiger partial charge in [0.05, 0.1) is 13.2 Å². The number of urea groups is 1. The van der Waals surface area contributed by atoms with E-state index in [-0.39, 0.29) is 25.2 Å². The first kappa shape index (κ1) is 17.1. The number of anilines is 1. The second-order valence-corrected chi connectivity index (χ2v) is 5.50. The molecule has 1 saturated heterocycles. The van der Waals surface area contributed by atoms with Crippen LogP contribution >= 0.6 is 0 Å². The molecule has 23 heavy (non-hydrogen) atoms. The van der Waals surface area contributed by atoms with E-state index in [1.165, 1.54) is 6.20 Å². The van der Waals surface area contributed by atoms with E-state index in [4.69, 9.17) is 9.47 Å². The lowest BCUT2D eigenvalue weighted by Crippen LogP contribution is -2.53. The van der Waals surface area contributed by atoms with Crippen molar-refractivity contribution in [1.82, 2.24) is 15.1 Å². The van der Waals surface area contributed by atoms with Crippen LogP contribution in [0.2, 0.25) is 0 Å². The number of likely N-dealkylation sites (tertiary alicyclic amines) is 1. The Morgan fingerprint density at radius 1 is 1.48 bits per heavy atom. The van der Waals surface area contributed by atoms with Crippen molar-refractivity contribution in [1.29, 1.82) is 0 Å². The molecule has 1 fully saturated rings. The van der Waals surface area contributed by atoms with Crippen molar-refractivity contribution in [3.8, 4) is 0 Å². The summed E-state index contributed by atoms with van der Waals surface area (Å²) in [5.74, 6) is 0.0513. The van der Waals surface area contributed by atoms with Gasteiger partial charge in [-0.3, -0.25) is 10.1 Å². The van der Waals surface area contributed by atoms with Crippen LogP contribution in [-0.2, 0) is 14.3 Å². The second-order valence-electron chi connectivity index (χ2n) is 5.50. The summed E-state index contributed by atoms with van der Waals surface area (Å²) in [6.07, 6.45) is 2.87.